The van der Waals surface area contributed by atoms with Crippen LogP contribution < -0.4 is 5.30 Å². The van der Waals surface area contributed by atoms with Crippen LogP contribution in [0.5, 0.6) is 0 Å². The van der Waals surface area contributed by atoms with Gasteiger partial charge in [-0.15, -0.1) is 0 Å². The number of hydrogen-bond acceptors (Lipinski definition) is 3. The summed E-state index contributed by atoms with van der Waals surface area (Å²) in [6.45, 7) is 0.673. The van der Waals surface area contributed by atoms with Crippen LogP contribution in [-0.4, -0.2) is 32.2 Å². The van der Waals surface area contributed by atoms with E-state index in [0.717, 1.165) is 18.5 Å². The molecule has 0 aromatic heterocycles. The molecule has 0 heterocycles. The molecule has 0 aliphatic carbocycles. The molecule has 0 spiro atoms. The van der Waals surface area contributed by atoms with Gasteiger partial charge in [0.1, 0.15) is 0 Å². The van der Waals surface area contributed by atoms with E-state index < -0.39 is 4.25 Å². The average Bonchev–Trinajstić information content (AvgIpc) is 2.50. The van der Waals surface area contributed by atoms with Crippen LogP contribution in [0.2, 0.25) is 0 Å². The van der Waals surface area contributed by atoms with Crippen molar-refractivity contribution in [2.24, 2.45) is 0 Å². The molecule has 0 bridgehead atoms. The van der Waals surface area contributed by atoms with Crippen molar-refractivity contribution in [2.45, 2.75) is 12.8 Å². The molecule has 0 N–H and O–H groups in total. The Hall–Kier alpha value is -0.680. The first-order valence-electron chi connectivity index (χ1n) is 6.60. The fraction of sp³-hybridized carbons (Fsp3) is 0.467. The van der Waals surface area contributed by atoms with Gasteiger partial charge in [-0.1, -0.05) is 0 Å². The molecule has 0 unspecified atom stereocenters. The van der Waals surface area contributed by atoms with Gasteiger partial charge in [0.05, 0.1) is 0 Å². The third kappa shape index (κ3) is 4.16. The van der Waals surface area contributed by atoms with Crippen molar-refractivity contribution in [3.8, 4) is 12.1 Å². The van der Waals surface area contributed by atoms with Crippen LogP contribution in [0.4, 0.5) is 0 Å². The van der Waals surface area contributed by atoms with Crippen molar-refractivity contribution in [1.29, 1.82) is 10.5 Å². The zero-order chi connectivity index (χ0) is 14.9. The van der Waals surface area contributed by atoms with E-state index in [9.17, 15) is 0 Å². The SMILES string of the molecule is COCCP(I)(CCC#N)(CCC#N)c1ccccc1. The van der Waals surface area contributed by atoms with Crippen LogP contribution in [0.3, 0.4) is 0 Å². The van der Waals surface area contributed by atoms with E-state index in [4.69, 9.17) is 15.3 Å². The van der Waals surface area contributed by atoms with Gasteiger partial charge in [0, 0.05) is 0 Å². The standard InChI is InChI=1S/C15H20IN2OP/c1-19-11-14-20(16,12-5-9-17,13-6-10-18)15-7-3-2-4-8-15/h2-4,7-8H,5-6,11-14H2,1H3. The van der Waals surface area contributed by atoms with Crippen molar-refractivity contribution >= 4 is 31.6 Å². The summed E-state index contributed by atoms with van der Waals surface area (Å²) in [7, 11) is 1.71. The predicted molar refractivity (Wildman–Crippen MR) is 94.0 cm³/mol. The van der Waals surface area contributed by atoms with E-state index in [1.165, 1.54) is 5.30 Å². The molecule has 1 rings (SSSR count). The van der Waals surface area contributed by atoms with E-state index in [-0.39, 0.29) is 0 Å². The molecule has 0 amide bonds. The van der Waals surface area contributed by atoms with Crippen molar-refractivity contribution in [3.63, 3.8) is 0 Å². The Kier molecular flexibility index (Phi) is 6.89. The summed E-state index contributed by atoms with van der Waals surface area (Å²) >= 11 is 2.59. The number of hydrogen-bond donors (Lipinski definition) is 0. The molecule has 5 heteroatoms. The van der Waals surface area contributed by atoms with Crippen LogP contribution in [0.1, 0.15) is 12.8 Å². The zero-order valence-corrected chi connectivity index (χ0v) is 14.8. The molecule has 108 valence electrons. The summed E-state index contributed by atoms with van der Waals surface area (Å²) in [5.41, 5.74) is 0. The molecule has 0 atom stereocenters. The van der Waals surface area contributed by atoms with Gasteiger partial charge in [-0.25, -0.2) is 0 Å². The Labute approximate surface area is 134 Å². The number of rotatable bonds is 8. The number of halogens is 1. The summed E-state index contributed by atoms with van der Waals surface area (Å²) in [6.07, 6.45) is 3.71. The number of nitriles is 2. The topological polar surface area (TPSA) is 56.8 Å². The van der Waals surface area contributed by atoms with Gasteiger partial charge in [-0.05, 0) is 0 Å². The Bertz CT molecular complexity index is 489. The van der Waals surface area contributed by atoms with Gasteiger partial charge in [0.15, 0.2) is 0 Å². The number of nitrogens with zero attached hydrogens (tertiary/aromatic N) is 2. The third-order valence-electron chi connectivity index (χ3n) is 3.68. The van der Waals surface area contributed by atoms with Crippen LogP contribution in [0.25, 0.3) is 0 Å². The summed E-state index contributed by atoms with van der Waals surface area (Å²) in [5.74, 6) is 0. The average molecular weight is 402 g/mol. The van der Waals surface area contributed by atoms with E-state index in [2.05, 4.69) is 46.3 Å². The molecule has 0 saturated carbocycles. The van der Waals surface area contributed by atoms with Crippen LogP contribution in [0.15, 0.2) is 30.3 Å². The van der Waals surface area contributed by atoms with Crippen molar-refractivity contribution in [3.05, 3.63) is 30.3 Å². The Morgan fingerprint density at radius 3 is 2.05 bits per heavy atom. The normalized spacial score (nSPS) is 12.9. The fourth-order valence-corrected chi connectivity index (χ4v) is 9.63. The molecule has 0 aliphatic rings. The van der Waals surface area contributed by atoms with E-state index in [0.29, 0.717) is 19.4 Å². The van der Waals surface area contributed by atoms with Gasteiger partial charge in [-0.2, -0.15) is 0 Å². The molecule has 0 fully saturated rings. The Balaban J connectivity index is 3.25. The minimum absolute atomic E-state index is 0.533. The molecule has 3 nitrogen and oxygen atoms in total. The van der Waals surface area contributed by atoms with E-state index in [1.807, 2.05) is 18.2 Å². The number of benzene rings is 1. The summed E-state index contributed by atoms with van der Waals surface area (Å²) in [4.78, 5) is 0. The van der Waals surface area contributed by atoms with Gasteiger partial charge < -0.3 is 0 Å². The monoisotopic (exact) mass is 402 g/mol. The first kappa shape index (κ1) is 17.4. The first-order chi connectivity index (χ1) is 9.59. The molecule has 20 heavy (non-hydrogen) atoms. The second-order valence-corrected chi connectivity index (χ2v) is 17.5. The molecule has 0 aliphatic heterocycles. The number of ether oxygens (including phenoxy) is 1. The van der Waals surface area contributed by atoms with Gasteiger partial charge in [0.2, 0.25) is 0 Å². The quantitative estimate of drug-likeness (QED) is 0.492. The van der Waals surface area contributed by atoms with Crippen molar-refractivity contribution in [2.75, 3.05) is 32.2 Å². The second kappa shape index (κ2) is 7.93. The van der Waals surface area contributed by atoms with Gasteiger partial charge >= 0.3 is 134 Å². The first-order valence-corrected chi connectivity index (χ1v) is 12.2. The molecular weight excluding hydrogens is 382 g/mol. The minimum atomic E-state index is -2.32. The third-order valence-corrected chi connectivity index (χ3v) is 15.0. The summed E-state index contributed by atoms with van der Waals surface area (Å²) < 4.78 is 2.98. The van der Waals surface area contributed by atoms with Crippen molar-refractivity contribution < 1.29 is 4.74 Å². The van der Waals surface area contributed by atoms with Crippen LogP contribution >= 0.6 is 26.3 Å². The molecular formula is C15H20IN2OP. The fourth-order valence-electron chi connectivity index (χ4n) is 2.44. The molecule has 0 radical (unpaired) electrons. The van der Waals surface area contributed by atoms with Crippen LogP contribution in [0, 0.1) is 22.7 Å². The van der Waals surface area contributed by atoms with Gasteiger partial charge in [0.25, 0.3) is 0 Å². The van der Waals surface area contributed by atoms with E-state index in [1.54, 1.807) is 7.11 Å². The molecule has 1 aromatic carbocycles. The number of methoxy groups -OCH3 is 1. The zero-order valence-electron chi connectivity index (χ0n) is 11.8. The molecule has 0 saturated heterocycles. The second-order valence-electron chi connectivity index (χ2n) is 4.90. The van der Waals surface area contributed by atoms with E-state index >= 15 is 0 Å². The summed E-state index contributed by atoms with van der Waals surface area (Å²) in [6, 6.07) is 14.9. The summed E-state index contributed by atoms with van der Waals surface area (Å²) in [5, 5.41) is 19.3. The Morgan fingerprint density at radius 1 is 1.05 bits per heavy atom. The van der Waals surface area contributed by atoms with Crippen molar-refractivity contribution in [1.82, 2.24) is 0 Å². The maximum absolute atomic E-state index is 9.01. The predicted octanol–water partition coefficient (Wildman–Crippen LogP) is 3.69. The Morgan fingerprint density at radius 2 is 1.60 bits per heavy atom. The van der Waals surface area contributed by atoms with Gasteiger partial charge in [-0.3, -0.25) is 0 Å². The van der Waals surface area contributed by atoms with Crippen LogP contribution in [-0.2, 0) is 4.74 Å². The maximum atomic E-state index is 9.01. The molecule has 1 aromatic rings.